The van der Waals surface area contributed by atoms with Gasteiger partial charge in [-0.1, -0.05) is 109 Å². The summed E-state index contributed by atoms with van der Waals surface area (Å²) >= 11 is 0. The van der Waals surface area contributed by atoms with Crippen LogP contribution in [0, 0.1) is 0 Å². The first-order chi connectivity index (χ1) is 19.1. The fourth-order valence-electron chi connectivity index (χ4n) is 4.42. The van der Waals surface area contributed by atoms with Crippen molar-refractivity contribution >= 4 is 11.9 Å². The summed E-state index contributed by atoms with van der Waals surface area (Å²) in [4.78, 5) is 24.1. The predicted octanol–water partition coefficient (Wildman–Crippen LogP) is 9.56. The number of aliphatic hydroxyl groups is 1. The van der Waals surface area contributed by atoms with Crippen LogP contribution in [0.2, 0.25) is 0 Å². The third kappa shape index (κ3) is 29.2. The Balaban J connectivity index is 3.61. The first-order valence-corrected chi connectivity index (χ1v) is 16.4. The molecule has 1 atom stereocenters. The lowest BCUT2D eigenvalue weighted by Crippen LogP contribution is -2.28. The first-order valence-electron chi connectivity index (χ1n) is 16.4. The highest BCUT2D eigenvalue weighted by Crippen LogP contribution is 2.11. The molecule has 5 heteroatoms. The van der Waals surface area contributed by atoms with Gasteiger partial charge in [0.05, 0.1) is 6.61 Å². The van der Waals surface area contributed by atoms with Crippen molar-refractivity contribution in [2.75, 3.05) is 13.2 Å². The van der Waals surface area contributed by atoms with Crippen LogP contribution in [0.5, 0.6) is 0 Å². The number of carbonyl (C=O) groups is 2. The van der Waals surface area contributed by atoms with Gasteiger partial charge >= 0.3 is 11.9 Å². The van der Waals surface area contributed by atoms with E-state index in [0.717, 1.165) is 51.4 Å². The van der Waals surface area contributed by atoms with Crippen LogP contribution < -0.4 is 0 Å². The van der Waals surface area contributed by atoms with Gasteiger partial charge in [-0.15, -0.1) is 0 Å². The van der Waals surface area contributed by atoms with Crippen molar-refractivity contribution in [3.8, 4) is 0 Å². The average Bonchev–Trinajstić information content (AvgIpc) is 2.94. The Morgan fingerprint density at radius 3 is 1.44 bits per heavy atom. The van der Waals surface area contributed by atoms with Gasteiger partial charge in [-0.05, 0) is 64.2 Å². The molecule has 39 heavy (non-hydrogen) atoms. The van der Waals surface area contributed by atoms with Crippen molar-refractivity contribution in [3.63, 3.8) is 0 Å². The number of unbranched alkanes of at least 4 members (excludes halogenated alkanes) is 17. The third-order valence-electron chi connectivity index (χ3n) is 6.97. The monoisotopic (exact) mass is 550 g/mol. The van der Waals surface area contributed by atoms with Crippen molar-refractivity contribution in [2.45, 2.75) is 168 Å². The minimum Gasteiger partial charge on any atom is -0.462 e. The molecule has 0 unspecified atom stereocenters. The van der Waals surface area contributed by atoms with Crippen molar-refractivity contribution in [1.82, 2.24) is 0 Å². The van der Waals surface area contributed by atoms with Gasteiger partial charge in [0.15, 0.2) is 6.10 Å². The van der Waals surface area contributed by atoms with E-state index in [1.807, 2.05) is 0 Å². The normalized spacial score (nSPS) is 12.4. The summed E-state index contributed by atoms with van der Waals surface area (Å²) in [5.74, 6) is -0.613. The van der Waals surface area contributed by atoms with Crippen LogP contribution >= 0.6 is 0 Å². The summed E-state index contributed by atoms with van der Waals surface area (Å²) in [5.41, 5.74) is 0. The van der Waals surface area contributed by atoms with E-state index in [0.29, 0.717) is 12.8 Å². The molecule has 5 nitrogen and oxygen atoms in total. The zero-order valence-electron chi connectivity index (χ0n) is 25.6. The molecule has 0 aromatic rings. The molecule has 0 saturated heterocycles. The second kappa shape index (κ2) is 30.9. The van der Waals surface area contributed by atoms with Gasteiger partial charge in [0.25, 0.3) is 0 Å². The highest BCUT2D eigenvalue weighted by Gasteiger charge is 2.16. The molecule has 0 aromatic carbocycles. The molecule has 0 bridgehead atoms. The molecule has 0 aromatic heterocycles. The maximum Gasteiger partial charge on any atom is 0.306 e. The van der Waals surface area contributed by atoms with Crippen LogP contribution in [0.3, 0.4) is 0 Å². The van der Waals surface area contributed by atoms with Gasteiger partial charge in [0.1, 0.15) is 6.61 Å². The fraction of sp³-hybridized carbons (Fsp3) is 0.824. The molecule has 0 saturated carbocycles. The lowest BCUT2D eigenvalue weighted by molar-refractivity contribution is -0.161. The smallest absolute Gasteiger partial charge is 0.306 e. The van der Waals surface area contributed by atoms with Crippen molar-refractivity contribution < 1.29 is 24.2 Å². The number of rotatable bonds is 29. The van der Waals surface area contributed by atoms with Crippen molar-refractivity contribution in [3.05, 3.63) is 24.3 Å². The van der Waals surface area contributed by atoms with Gasteiger partial charge in [-0.3, -0.25) is 9.59 Å². The van der Waals surface area contributed by atoms with Gasteiger partial charge in [-0.25, -0.2) is 0 Å². The molecule has 0 aliphatic carbocycles. The maximum absolute atomic E-state index is 12.1. The molecule has 0 aliphatic heterocycles. The first kappa shape index (κ1) is 37.4. The zero-order valence-corrected chi connectivity index (χ0v) is 25.6. The predicted molar refractivity (Wildman–Crippen MR) is 164 cm³/mol. The van der Waals surface area contributed by atoms with Crippen LogP contribution in [0.15, 0.2) is 24.3 Å². The summed E-state index contributed by atoms with van der Waals surface area (Å²) in [6.07, 6.45) is 33.7. The number of ether oxygens (including phenoxy) is 2. The molecule has 0 heterocycles. The summed E-state index contributed by atoms with van der Waals surface area (Å²) in [5, 5.41) is 9.48. The van der Waals surface area contributed by atoms with Crippen LogP contribution in [0.25, 0.3) is 0 Å². The lowest BCUT2D eigenvalue weighted by Gasteiger charge is -2.15. The number of esters is 2. The molecular formula is C34H62O5. The fourth-order valence-corrected chi connectivity index (χ4v) is 4.42. The average molecular weight is 551 g/mol. The third-order valence-corrected chi connectivity index (χ3v) is 6.97. The molecule has 0 rings (SSSR count). The van der Waals surface area contributed by atoms with Crippen LogP contribution in [-0.4, -0.2) is 36.4 Å². The SMILES string of the molecule is CCCCC/C=C/CCCCCCCC(=O)O[C@@H](CO)COC(=O)CCCCCCC/C=C/CCCCCC. The second-order valence-corrected chi connectivity index (χ2v) is 10.9. The van der Waals surface area contributed by atoms with E-state index in [4.69, 9.17) is 9.47 Å². The molecule has 0 amide bonds. The number of carbonyl (C=O) groups excluding carboxylic acids is 2. The van der Waals surface area contributed by atoms with E-state index in [9.17, 15) is 14.7 Å². The minimum absolute atomic E-state index is 0.0716. The van der Waals surface area contributed by atoms with Gasteiger partial charge in [0, 0.05) is 12.8 Å². The van der Waals surface area contributed by atoms with Crippen LogP contribution in [-0.2, 0) is 19.1 Å². The molecule has 0 fully saturated rings. The summed E-state index contributed by atoms with van der Waals surface area (Å²) in [6, 6.07) is 0. The van der Waals surface area contributed by atoms with E-state index in [-0.39, 0.29) is 25.2 Å². The van der Waals surface area contributed by atoms with Gasteiger partial charge < -0.3 is 14.6 Å². The maximum atomic E-state index is 12.1. The molecule has 1 N–H and O–H groups in total. The lowest BCUT2D eigenvalue weighted by atomic mass is 10.1. The van der Waals surface area contributed by atoms with E-state index in [1.54, 1.807) is 0 Å². The summed E-state index contributed by atoms with van der Waals surface area (Å²) < 4.78 is 10.5. The summed E-state index contributed by atoms with van der Waals surface area (Å²) in [6.45, 7) is 4.06. The Hall–Kier alpha value is -1.62. The topological polar surface area (TPSA) is 72.8 Å². The van der Waals surface area contributed by atoms with Gasteiger partial charge in [-0.2, -0.15) is 0 Å². The van der Waals surface area contributed by atoms with E-state index >= 15 is 0 Å². The molecule has 0 spiro atoms. The highest BCUT2D eigenvalue weighted by atomic mass is 16.6. The molecule has 0 aliphatic rings. The standard InChI is InChI=1S/C34H62O5/c1-3-5-7-9-11-13-15-17-19-20-22-24-26-28-33(36)38-31-32(30-35)39-34(37)29-27-25-23-21-18-16-14-12-10-8-6-4-2/h12-15,32,35H,3-11,16-31H2,1-2H3/b14-12+,15-13+/t32-/m0/s1. The second-order valence-electron chi connectivity index (χ2n) is 10.9. The van der Waals surface area contributed by atoms with Crippen LogP contribution in [0.1, 0.15) is 162 Å². The van der Waals surface area contributed by atoms with Crippen LogP contribution in [0.4, 0.5) is 0 Å². The Labute approximate surface area is 241 Å². The molecular weight excluding hydrogens is 488 g/mol. The Bertz CT molecular complexity index is 598. The highest BCUT2D eigenvalue weighted by molar-refractivity contribution is 5.70. The van der Waals surface area contributed by atoms with E-state index < -0.39 is 6.10 Å². The Kier molecular flexibility index (Phi) is 29.6. The number of hydrogen-bond donors (Lipinski definition) is 1. The minimum atomic E-state index is -0.773. The number of hydrogen-bond acceptors (Lipinski definition) is 5. The molecule has 228 valence electrons. The van der Waals surface area contributed by atoms with E-state index in [1.165, 1.54) is 83.5 Å². The quantitative estimate of drug-likeness (QED) is 0.0570. The number of allylic oxidation sites excluding steroid dienone is 4. The largest absolute Gasteiger partial charge is 0.462 e. The zero-order chi connectivity index (χ0) is 28.7. The number of aliphatic hydroxyl groups excluding tert-OH is 1. The Morgan fingerprint density at radius 1 is 0.564 bits per heavy atom. The Morgan fingerprint density at radius 2 is 0.949 bits per heavy atom. The summed E-state index contributed by atoms with van der Waals surface area (Å²) in [7, 11) is 0. The molecule has 0 radical (unpaired) electrons. The van der Waals surface area contributed by atoms with Gasteiger partial charge in [0.2, 0.25) is 0 Å². The van der Waals surface area contributed by atoms with E-state index in [2.05, 4.69) is 38.2 Å². The van der Waals surface area contributed by atoms with Crippen molar-refractivity contribution in [2.24, 2.45) is 0 Å². The van der Waals surface area contributed by atoms with Crippen molar-refractivity contribution in [1.29, 1.82) is 0 Å².